The maximum absolute atomic E-state index is 9.20. The Balaban J connectivity index is 1.95. The number of hydrogen-bond donors (Lipinski definition) is 1. The standard InChI is InChI=1S/C17H27NO2/c1-14(15-6-8-17(20-2)9-7-15)13-18-11-4-3-5-16(18)10-12-19/h6-9,14,16,19H,3-5,10-13H2,1-2H3. The van der Waals surface area contributed by atoms with Crippen LogP contribution in [0, 0.1) is 0 Å². The van der Waals surface area contributed by atoms with Crippen LogP contribution in [0.1, 0.15) is 44.1 Å². The van der Waals surface area contributed by atoms with Gasteiger partial charge >= 0.3 is 0 Å². The summed E-state index contributed by atoms with van der Waals surface area (Å²) in [6, 6.07) is 8.96. The minimum absolute atomic E-state index is 0.304. The normalized spacial score (nSPS) is 21.6. The lowest BCUT2D eigenvalue weighted by Crippen LogP contribution is -2.42. The van der Waals surface area contributed by atoms with E-state index < -0.39 is 0 Å². The van der Waals surface area contributed by atoms with Crippen LogP contribution in [0.5, 0.6) is 5.75 Å². The fourth-order valence-electron chi connectivity index (χ4n) is 3.17. The highest BCUT2D eigenvalue weighted by Crippen LogP contribution is 2.25. The van der Waals surface area contributed by atoms with Crippen molar-refractivity contribution in [3.05, 3.63) is 29.8 Å². The van der Waals surface area contributed by atoms with Gasteiger partial charge in [0.1, 0.15) is 5.75 Å². The highest BCUT2D eigenvalue weighted by molar-refractivity contribution is 5.29. The third-order valence-electron chi connectivity index (χ3n) is 4.40. The average Bonchev–Trinajstić information content (AvgIpc) is 2.49. The average molecular weight is 277 g/mol. The molecule has 2 atom stereocenters. The molecule has 3 heteroatoms. The van der Waals surface area contributed by atoms with Gasteiger partial charge in [0.25, 0.3) is 0 Å². The molecule has 3 nitrogen and oxygen atoms in total. The summed E-state index contributed by atoms with van der Waals surface area (Å²) >= 11 is 0. The highest BCUT2D eigenvalue weighted by atomic mass is 16.5. The van der Waals surface area contributed by atoms with Crippen molar-refractivity contribution in [1.82, 2.24) is 4.90 Å². The minimum atomic E-state index is 0.304. The van der Waals surface area contributed by atoms with Crippen molar-refractivity contribution in [2.75, 3.05) is 26.8 Å². The first-order valence-corrected chi connectivity index (χ1v) is 7.73. The van der Waals surface area contributed by atoms with Crippen LogP contribution in [0.15, 0.2) is 24.3 Å². The fourth-order valence-corrected chi connectivity index (χ4v) is 3.17. The predicted molar refractivity (Wildman–Crippen MR) is 82.3 cm³/mol. The Morgan fingerprint density at radius 1 is 1.30 bits per heavy atom. The van der Waals surface area contributed by atoms with Crippen LogP contribution in [0.25, 0.3) is 0 Å². The number of piperidine rings is 1. The Hall–Kier alpha value is -1.06. The predicted octanol–water partition coefficient (Wildman–Crippen LogP) is 3.04. The largest absolute Gasteiger partial charge is 0.497 e. The van der Waals surface area contributed by atoms with Gasteiger partial charge in [-0.05, 0) is 49.4 Å². The van der Waals surface area contributed by atoms with Crippen molar-refractivity contribution in [1.29, 1.82) is 0 Å². The molecule has 0 aliphatic carbocycles. The third kappa shape index (κ3) is 3.97. The van der Waals surface area contributed by atoms with Gasteiger partial charge in [-0.2, -0.15) is 0 Å². The molecule has 1 aliphatic rings. The lowest BCUT2D eigenvalue weighted by Gasteiger charge is -2.37. The third-order valence-corrected chi connectivity index (χ3v) is 4.40. The van der Waals surface area contributed by atoms with Crippen LogP contribution in [0.4, 0.5) is 0 Å². The van der Waals surface area contributed by atoms with Crippen molar-refractivity contribution >= 4 is 0 Å². The van der Waals surface area contributed by atoms with E-state index in [9.17, 15) is 5.11 Å². The lowest BCUT2D eigenvalue weighted by atomic mass is 9.95. The summed E-state index contributed by atoms with van der Waals surface area (Å²) < 4.78 is 5.21. The molecule has 0 radical (unpaired) electrons. The molecular formula is C17H27NO2. The molecule has 1 aliphatic heterocycles. The number of hydrogen-bond acceptors (Lipinski definition) is 3. The zero-order valence-corrected chi connectivity index (χ0v) is 12.7. The first-order chi connectivity index (χ1) is 9.74. The fraction of sp³-hybridized carbons (Fsp3) is 0.647. The number of rotatable bonds is 6. The second-order valence-electron chi connectivity index (χ2n) is 5.83. The maximum atomic E-state index is 9.20. The van der Waals surface area contributed by atoms with Gasteiger partial charge in [0.15, 0.2) is 0 Å². The van der Waals surface area contributed by atoms with Crippen molar-refractivity contribution in [3.63, 3.8) is 0 Å². The summed E-state index contributed by atoms with van der Waals surface area (Å²) in [5.41, 5.74) is 1.36. The Morgan fingerprint density at radius 2 is 2.05 bits per heavy atom. The van der Waals surface area contributed by atoms with Gasteiger partial charge < -0.3 is 9.84 Å². The summed E-state index contributed by atoms with van der Waals surface area (Å²) in [5, 5.41) is 9.20. The van der Waals surface area contributed by atoms with Gasteiger partial charge in [-0.1, -0.05) is 25.5 Å². The number of ether oxygens (including phenoxy) is 1. The highest BCUT2D eigenvalue weighted by Gasteiger charge is 2.23. The molecule has 0 spiro atoms. The molecule has 20 heavy (non-hydrogen) atoms. The smallest absolute Gasteiger partial charge is 0.118 e. The first kappa shape index (κ1) is 15.3. The van der Waals surface area contributed by atoms with E-state index in [2.05, 4.69) is 24.0 Å². The summed E-state index contributed by atoms with van der Waals surface area (Å²) in [6.07, 6.45) is 4.74. The second kappa shape index (κ2) is 7.65. The number of aliphatic hydroxyl groups excluding tert-OH is 1. The number of aliphatic hydroxyl groups is 1. The molecule has 0 aromatic heterocycles. The van der Waals surface area contributed by atoms with Crippen molar-refractivity contribution in [2.24, 2.45) is 0 Å². The minimum Gasteiger partial charge on any atom is -0.497 e. The molecule has 2 rings (SSSR count). The number of benzene rings is 1. The van der Waals surface area contributed by atoms with Crippen LogP contribution in [0.3, 0.4) is 0 Å². The Labute approximate surface area is 122 Å². The molecular weight excluding hydrogens is 250 g/mol. The van der Waals surface area contributed by atoms with E-state index in [0.29, 0.717) is 18.6 Å². The van der Waals surface area contributed by atoms with Crippen LogP contribution < -0.4 is 4.74 Å². The van der Waals surface area contributed by atoms with Crippen LogP contribution in [-0.2, 0) is 0 Å². The second-order valence-corrected chi connectivity index (χ2v) is 5.83. The van der Waals surface area contributed by atoms with Gasteiger partial charge in [0.05, 0.1) is 7.11 Å². The zero-order chi connectivity index (χ0) is 14.4. The van der Waals surface area contributed by atoms with Crippen LogP contribution >= 0.6 is 0 Å². The van der Waals surface area contributed by atoms with Gasteiger partial charge in [-0.3, -0.25) is 4.90 Å². The van der Waals surface area contributed by atoms with Crippen molar-refractivity contribution in [3.8, 4) is 5.75 Å². The number of nitrogens with zero attached hydrogens (tertiary/aromatic N) is 1. The van der Waals surface area contributed by atoms with Gasteiger partial charge in [0, 0.05) is 19.2 Å². The van der Waals surface area contributed by atoms with Crippen LogP contribution in [-0.4, -0.2) is 42.9 Å². The zero-order valence-electron chi connectivity index (χ0n) is 12.7. The maximum Gasteiger partial charge on any atom is 0.118 e. The molecule has 1 N–H and O–H groups in total. The molecule has 1 aromatic carbocycles. The molecule has 1 fully saturated rings. The van der Waals surface area contributed by atoms with Crippen molar-refractivity contribution in [2.45, 2.75) is 44.6 Å². The van der Waals surface area contributed by atoms with E-state index in [1.54, 1.807) is 7.11 Å². The monoisotopic (exact) mass is 277 g/mol. The number of likely N-dealkylation sites (tertiary alicyclic amines) is 1. The lowest BCUT2D eigenvalue weighted by molar-refractivity contribution is 0.114. The Morgan fingerprint density at radius 3 is 2.70 bits per heavy atom. The summed E-state index contributed by atoms with van der Waals surface area (Å²) in [7, 11) is 1.70. The summed E-state index contributed by atoms with van der Waals surface area (Å²) in [4.78, 5) is 2.56. The molecule has 0 amide bonds. The van der Waals surface area contributed by atoms with E-state index in [0.717, 1.165) is 18.7 Å². The molecule has 1 heterocycles. The SMILES string of the molecule is COc1ccc(C(C)CN2CCCCC2CCO)cc1. The summed E-state index contributed by atoms with van der Waals surface area (Å²) in [6.45, 7) is 4.84. The van der Waals surface area contributed by atoms with E-state index in [1.807, 2.05) is 12.1 Å². The van der Waals surface area contributed by atoms with Crippen LogP contribution in [0.2, 0.25) is 0 Å². The van der Waals surface area contributed by atoms with E-state index in [-0.39, 0.29) is 0 Å². The van der Waals surface area contributed by atoms with Gasteiger partial charge in [-0.25, -0.2) is 0 Å². The molecule has 0 saturated carbocycles. The topological polar surface area (TPSA) is 32.7 Å². The first-order valence-electron chi connectivity index (χ1n) is 7.73. The van der Waals surface area contributed by atoms with Gasteiger partial charge in [0.2, 0.25) is 0 Å². The molecule has 1 aromatic rings. The number of methoxy groups -OCH3 is 1. The van der Waals surface area contributed by atoms with E-state index in [1.165, 1.54) is 31.4 Å². The van der Waals surface area contributed by atoms with E-state index in [4.69, 9.17) is 4.74 Å². The van der Waals surface area contributed by atoms with Crippen molar-refractivity contribution < 1.29 is 9.84 Å². The Kier molecular flexibility index (Phi) is 5.86. The van der Waals surface area contributed by atoms with Gasteiger partial charge in [-0.15, -0.1) is 0 Å². The van der Waals surface area contributed by atoms with E-state index >= 15 is 0 Å². The Bertz CT molecular complexity index is 388. The molecule has 112 valence electrons. The molecule has 0 bridgehead atoms. The summed E-state index contributed by atoms with van der Waals surface area (Å²) in [5.74, 6) is 1.43. The molecule has 2 unspecified atom stereocenters. The molecule has 1 saturated heterocycles. The quantitative estimate of drug-likeness (QED) is 0.867.